The molecule has 4 aliphatic carbocycles. The summed E-state index contributed by atoms with van der Waals surface area (Å²) >= 11 is 4.19. The third-order valence-electron chi connectivity index (χ3n) is 10.1. The van der Waals surface area contributed by atoms with E-state index in [1.165, 1.54) is 0 Å². The summed E-state index contributed by atoms with van der Waals surface area (Å²) in [5, 5.41) is 0. The highest BCUT2D eigenvalue weighted by Crippen LogP contribution is 2.77. The first-order valence-electron chi connectivity index (χ1n) is 13.1. The van der Waals surface area contributed by atoms with Gasteiger partial charge in [0, 0.05) is 29.6 Å². The van der Waals surface area contributed by atoms with Crippen molar-refractivity contribution in [1.82, 2.24) is 0 Å². The molecule has 1 aliphatic heterocycles. The summed E-state index contributed by atoms with van der Waals surface area (Å²) in [7, 11) is 0. The van der Waals surface area contributed by atoms with Crippen LogP contribution in [0.5, 0.6) is 0 Å². The molecule has 0 aromatic carbocycles. The fourth-order valence-corrected chi connectivity index (χ4v) is 9.56. The molecule has 5 aliphatic rings. The Morgan fingerprint density at radius 1 is 1.11 bits per heavy atom. The first-order valence-corrected chi connectivity index (χ1v) is 13.9. The van der Waals surface area contributed by atoms with Gasteiger partial charge in [-0.3, -0.25) is 19.2 Å². The standard InChI is InChI=1S/C28H35BrO7/c1-6-21(32)34-14-20(31)28(36-22(33)7-2)15(3)12-19-18-9-8-16-13-17(30)10-11-25(16,4)27(18,29)24-23(35-24)26(19,28)5/h10-11,13,15,18-19,23-24H,6-9,12,14H2,1-5H3/t15-,18-,19-,23+,24-,25-,26+,27-,28+/m0/s1. The zero-order chi connectivity index (χ0) is 26.3. The number of halogens is 1. The van der Waals surface area contributed by atoms with Crippen molar-refractivity contribution < 1.29 is 33.4 Å². The number of esters is 2. The fraction of sp³-hybridized carbons (Fsp3) is 0.714. The number of alkyl halides is 1. The molecular weight excluding hydrogens is 528 g/mol. The molecule has 0 amide bonds. The van der Waals surface area contributed by atoms with Crippen LogP contribution in [0.2, 0.25) is 0 Å². The molecule has 196 valence electrons. The van der Waals surface area contributed by atoms with Crippen molar-refractivity contribution in [2.75, 3.05) is 6.61 Å². The molecular formula is C28H35BrO7. The molecule has 0 unspecified atom stereocenters. The molecule has 0 N–H and O–H groups in total. The van der Waals surface area contributed by atoms with E-state index in [-0.39, 0.29) is 54.4 Å². The lowest BCUT2D eigenvalue weighted by atomic mass is 9.47. The van der Waals surface area contributed by atoms with Gasteiger partial charge < -0.3 is 14.2 Å². The molecule has 4 fully saturated rings. The molecule has 8 heteroatoms. The van der Waals surface area contributed by atoms with Crippen LogP contribution in [-0.2, 0) is 33.4 Å². The van der Waals surface area contributed by atoms with Gasteiger partial charge in [0.15, 0.2) is 18.0 Å². The van der Waals surface area contributed by atoms with E-state index in [1.807, 2.05) is 19.9 Å². The number of carbonyl (C=O) groups excluding carboxylic acids is 4. The number of epoxide rings is 1. The van der Waals surface area contributed by atoms with E-state index >= 15 is 0 Å². The van der Waals surface area contributed by atoms with E-state index in [4.69, 9.17) is 14.2 Å². The van der Waals surface area contributed by atoms with Gasteiger partial charge in [-0.2, -0.15) is 0 Å². The van der Waals surface area contributed by atoms with Crippen LogP contribution in [-0.4, -0.2) is 52.2 Å². The lowest BCUT2D eigenvalue weighted by molar-refractivity contribution is -0.195. The smallest absolute Gasteiger partial charge is 0.306 e. The van der Waals surface area contributed by atoms with E-state index in [1.54, 1.807) is 26.0 Å². The monoisotopic (exact) mass is 562 g/mol. The number of ketones is 2. The van der Waals surface area contributed by atoms with Crippen molar-refractivity contribution >= 4 is 39.4 Å². The maximum atomic E-state index is 14.0. The Bertz CT molecular complexity index is 1100. The lowest BCUT2D eigenvalue weighted by Gasteiger charge is -2.60. The second kappa shape index (κ2) is 8.35. The third kappa shape index (κ3) is 3.06. The molecule has 0 radical (unpaired) electrons. The number of carbonyl (C=O) groups is 4. The average molecular weight is 563 g/mol. The van der Waals surface area contributed by atoms with Gasteiger partial charge in [-0.05, 0) is 43.3 Å². The maximum Gasteiger partial charge on any atom is 0.306 e. The van der Waals surface area contributed by atoms with Crippen molar-refractivity contribution in [2.45, 2.75) is 88.9 Å². The van der Waals surface area contributed by atoms with Crippen molar-refractivity contribution in [3.05, 3.63) is 23.8 Å². The van der Waals surface area contributed by atoms with Crippen LogP contribution in [0.4, 0.5) is 0 Å². The predicted molar refractivity (Wildman–Crippen MR) is 134 cm³/mol. The van der Waals surface area contributed by atoms with Crippen LogP contribution in [0.15, 0.2) is 23.8 Å². The topological polar surface area (TPSA) is 99.3 Å². The molecule has 0 spiro atoms. The second-order valence-corrected chi connectivity index (χ2v) is 12.8. The average Bonchev–Trinajstić information content (AvgIpc) is 3.63. The summed E-state index contributed by atoms with van der Waals surface area (Å²) in [5.74, 6) is -1.39. The van der Waals surface area contributed by atoms with Gasteiger partial charge in [-0.25, -0.2) is 0 Å². The zero-order valence-corrected chi connectivity index (χ0v) is 23.2. The number of allylic oxidation sites excluding steroid dienone is 4. The summed E-state index contributed by atoms with van der Waals surface area (Å²) in [6, 6.07) is 0. The highest BCUT2D eigenvalue weighted by Gasteiger charge is 2.84. The van der Waals surface area contributed by atoms with Crippen LogP contribution >= 0.6 is 15.9 Å². The fourth-order valence-electron chi connectivity index (χ4n) is 8.28. The molecule has 0 aromatic rings. The maximum absolute atomic E-state index is 14.0. The Hall–Kier alpha value is -1.80. The molecule has 36 heavy (non-hydrogen) atoms. The Morgan fingerprint density at radius 2 is 1.81 bits per heavy atom. The minimum Gasteiger partial charge on any atom is -0.457 e. The van der Waals surface area contributed by atoms with Crippen molar-refractivity contribution in [2.24, 2.45) is 28.6 Å². The van der Waals surface area contributed by atoms with Gasteiger partial charge >= 0.3 is 11.9 Å². The summed E-state index contributed by atoms with van der Waals surface area (Å²) in [5.41, 5.74) is -1.51. The van der Waals surface area contributed by atoms with Gasteiger partial charge in [-0.1, -0.05) is 62.2 Å². The highest BCUT2D eigenvalue weighted by molar-refractivity contribution is 9.10. The number of rotatable bonds is 6. The number of ether oxygens (including phenoxy) is 3. The highest BCUT2D eigenvalue weighted by atomic mass is 79.9. The number of Topliss-reactive ketones (excluding diaryl/α,β-unsaturated/α-hetero) is 1. The van der Waals surface area contributed by atoms with Crippen molar-refractivity contribution in [3.63, 3.8) is 0 Å². The zero-order valence-electron chi connectivity index (χ0n) is 21.6. The quantitative estimate of drug-likeness (QED) is 0.271. The molecule has 9 atom stereocenters. The van der Waals surface area contributed by atoms with Crippen LogP contribution in [0.1, 0.15) is 66.7 Å². The van der Waals surface area contributed by atoms with Gasteiger partial charge in [-0.15, -0.1) is 0 Å². The van der Waals surface area contributed by atoms with Crippen LogP contribution in [0, 0.1) is 28.6 Å². The molecule has 3 saturated carbocycles. The van der Waals surface area contributed by atoms with Gasteiger partial charge in [0.1, 0.15) is 6.10 Å². The minimum atomic E-state index is -1.44. The molecule has 0 bridgehead atoms. The summed E-state index contributed by atoms with van der Waals surface area (Å²) in [6.07, 6.45) is 7.51. The molecule has 7 nitrogen and oxygen atoms in total. The largest absolute Gasteiger partial charge is 0.457 e. The van der Waals surface area contributed by atoms with Gasteiger partial charge in [0.05, 0.1) is 10.4 Å². The summed E-state index contributed by atoms with van der Waals surface area (Å²) in [4.78, 5) is 50.8. The van der Waals surface area contributed by atoms with Gasteiger partial charge in [0.25, 0.3) is 0 Å². The van der Waals surface area contributed by atoms with E-state index < -0.39 is 39.3 Å². The molecule has 5 rings (SSSR count). The van der Waals surface area contributed by atoms with Crippen LogP contribution < -0.4 is 0 Å². The Balaban J connectivity index is 1.59. The predicted octanol–water partition coefficient (Wildman–Crippen LogP) is 4.26. The van der Waals surface area contributed by atoms with E-state index in [0.29, 0.717) is 6.42 Å². The summed E-state index contributed by atoms with van der Waals surface area (Å²) in [6.45, 7) is 9.14. The van der Waals surface area contributed by atoms with Gasteiger partial charge in [0.2, 0.25) is 5.78 Å². The van der Waals surface area contributed by atoms with Crippen molar-refractivity contribution in [1.29, 1.82) is 0 Å². The Kier molecular flexibility index (Phi) is 5.99. The first kappa shape index (κ1) is 25.8. The van der Waals surface area contributed by atoms with Crippen LogP contribution in [0.25, 0.3) is 0 Å². The number of hydrogen-bond donors (Lipinski definition) is 0. The SMILES string of the molecule is CCC(=O)OCC(=O)[C@]1(OC(=O)CC)[C@@H](C)C[C@H]2[C@@H]3CCC4=CC(=O)C=C[C@]4(C)[C@@]3(Br)[C@H]3O[C@H]3[C@@]21C. The molecule has 1 heterocycles. The Labute approximate surface area is 220 Å². The lowest BCUT2D eigenvalue weighted by Crippen LogP contribution is -2.68. The second-order valence-electron chi connectivity index (χ2n) is 11.5. The third-order valence-corrected chi connectivity index (χ3v) is 12.0. The Morgan fingerprint density at radius 3 is 2.47 bits per heavy atom. The normalized spacial score (nSPS) is 46.0. The van der Waals surface area contributed by atoms with E-state index in [9.17, 15) is 19.2 Å². The first-order chi connectivity index (χ1) is 16.9. The molecule has 1 saturated heterocycles. The van der Waals surface area contributed by atoms with E-state index in [0.717, 1.165) is 18.4 Å². The number of fused-ring (bicyclic) bond motifs is 8. The van der Waals surface area contributed by atoms with Crippen LogP contribution in [0.3, 0.4) is 0 Å². The summed E-state index contributed by atoms with van der Waals surface area (Å²) < 4.78 is 17.5. The van der Waals surface area contributed by atoms with Crippen molar-refractivity contribution in [3.8, 4) is 0 Å². The number of hydrogen-bond acceptors (Lipinski definition) is 7. The molecule has 0 aromatic heterocycles. The minimum absolute atomic E-state index is 0.0122. The van der Waals surface area contributed by atoms with E-state index in [2.05, 4.69) is 22.9 Å².